The Hall–Kier alpha value is -1.76. The quantitative estimate of drug-likeness (QED) is 0.634. The molecule has 1 aliphatic rings. The van der Waals surface area contributed by atoms with Gasteiger partial charge >= 0.3 is 6.18 Å². The SMILES string of the molecule is CCON=C1CCC(CCC(C#N)(C#N)CCC(F)(F)F)CC1. The van der Waals surface area contributed by atoms with Gasteiger partial charge in [0, 0.05) is 6.42 Å². The molecule has 1 aliphatic carbocycles. The fraction of sp³-hybridized carbons (Fsp3) is 0.812. The van der Waals surface area contributed by atoms with Gasteiger partial charge in [0.05, 0.1) is 17.9 Å². The molecule has 0 bridgehead atoms. The van der Waals surface area contributed by atoms with E-state index in [1.807, 2.05) is 19.1 Å². The maximum Gasteiger partial charge on any atom is 0.389 e. The number of oxime groups is 1. The van der Waals surface area contributed by atoms with Crippen molar-refractivity contribution in [2.45, 2.75) is 64.5 Å². The molecule has 1 fully saturated rings. The molecule has 0 amide bonds. The lowest BCUT2D eigenvalue weighted by molar-refractivity contribution is -0.138. The first-order valence-electron chi connectivity index (χ1n) is 7.91. The average molecular weight is 329 g/mol. The number of hydrogen-bond acceptors (Lipinski definition) is 4. The van der Waals surface area contributed by atoms with Gasteiger partial charge in [0.25, 0.3) is 0 Å². The largest absolute Gasteiger partial charge is 0.396 e. The van der Waals surface area contributed by atoms with Crippen LogP contribution in [0.1, 0.15) is 58.3 Å². The summed E-state index contributed by atoms with van der Waals surface area (Å²) in [7, 11) is 0. The summed E-state index contributed by atoms with van der Waals surface area (Å²) in [5, 5.41) is 22.4. The zero-order chi connectivity index (χ0) is 17.3. The molecule has 1 rings (SSSR count). The topological polar surface area (TPSA) is 69.2 Å². The average Bonchev–Trinajstić information content (AvgIpc) is 2.54. The number of rotatable bonds is 7. The molecule has 0 aromatic rings. The van der Waals surface area contributed by atoms with E-state index in [0.29, 0.717) is 18.9 Å². The van der Waals surface area contributed by atoms with Gasteiger partial charge in [0.2, 0.25) is 0 Å². The van der Waals surface area contributed by atoms with E-state index < -0.39 is 24.4 Å². The van der Waals surface area contributed by atoms with E-state index in [0.717, 1.165) is 31.4 Å². The highest BCUT2D eigenvalue weighted by Crippen LogP contribution is 2.37. The van der Waals surface area contributed by atoms with Gasteiger partial charge in [-0.15, -0.1) is 0 Å². The lowest BCUT2D eigenvalue weighted by Crippen LogP contribution is -2.23. The van der Waals surface area contributed by atoms with Gasteiger partial charge in [0.15, 0.2) is 0 Å². The molecule has 0 heterocycles. The lowest BCUT2D eigenvalue weighted by Gasteiger charge is -2.26. The maximum atomic E-state index is 12.4. The van der Waals surface area contributed by atoms with Crippen molar-refractivity contribution >= 4 is 5.71 Å². The summed E-state index contributed by atoms with van der Waals surface area (Å²) in [5.74, 6) is 0.322. The van der Waals surface area contributed by atoms with Crippen LogP contribution in [0.5, 0.6) is 0 Å². The zero-order valence-corrected chi connectivity index (χ0v) is 13.3. The fourth-order valence-corrected chi connectivity index (χ4v) is 2.73. The van der Waals surface area contributed by atoms with Crippen LogP contribution >= 0.6 is 0 Å². The molecule has 0 aliphatic heterocycles. The lowest BCUT2D eigenvalue weighted by atomic mass is 9.76. The van der Waals surface area contributed by atoms with E-state index in [-0.39, 0.29) is 6.42 Å². The highest BCUT2D eigenvalue weighted by atomic mass is 19.4. The summed E-state index contributed by atoms with van der Waals surface area (Å²) in [4.78, 5) is 5.02. The molecule has 0 aromatic carbocycles. The summed E-state index contributed by atoms with van der Waals surface area (Å²) in [6, 6.07) is 3.62. The molecule has 0 spiro atoms. The first kappa shape index (κ1) is 19.3. The van der Waals surface area contributed by atoms with Crippen molar-refractivity contribution in [3.8, 4) is 12.1 Å². The predicted molar refractivity (Wildman–Crippen MR) is 79.2 cm³/mol. The second-order valence-electron chi connectivity index (χ2n) is 5.98. The van der Waals surface area contributed by atoms with Crippen LogP contribution in [-0.2, 0) is 4.84 Å². The Bertz CT molecular complexity index is 464. The van der Waals surface area contributed by atoms with E-state index in [2.05, 4.69) is 5.16 Å². The van der Waals surface area contributed by atoms with Crippen LogP contribution in [0, 0.1) is 34.0 Å². The third-order valence-electron chi connectivity index (χ3n) is 4.25. The third kappa shape index (κ3) is 6.90. The molecule has 4 nitrogen and oxygen atoms in total. The van der Waals surface area contributed by atoms with Crippen molar-refractivity contribution in [2.24, 2.45) is 16.5 Å². The number of hydrogen-bond donors (Lipinski definition) is 0. The molecular formula is C16H22F3N3O. The number of nitriles is 2. The van der Waals surface area contributed by atoms with Gasteiger partial charge < -0.3 is 4.84 Å². The highest BCUT2D eigenvalue weighted by molar-refractivity contribution is 5.84. The van der Waals surface area contributed by atoms with Crippen molar-refractivity contribution in [1.29, 1.82) is 10.5 Å². The summed E-state index contributed by atoms with van der Waals surface area (Å²) in [6.07, 6.45) is -1.74. The smallest absolute Gasteiger partial charge is 0.389 e. The molecule has 0 atom stereocenters. The standard InChI is InChI=1S/C16H22F3N3O/c1-2-23-22-14-5-3-13(4-6-14)7-8-15(11-20,12-21)9-10-16(17,18)19/h13H,2-10H2,1H3. The van der Waals surface area contributed by atoms with E-state index in [1.165, 1.54) is 0 Å². The number of nitrogens with zero attached hydrogens (tertiary/aromatic N) is 3. The van der Waals surface area contributed by atoms with Crippen LogP contribution in [-0.4, -0.2) is 18.5 Å². The second-order valence-corrected chi connectivity index (χ2v) is 5.98. The molecule has 128 valence electrons. The summed E-state index contributed by atoms with van der Waals surface area (Å²) in [6.45, 7) is 2.39. The van der Waals surface area contributed by atoms with Gasteiger partial charge in [-0.05, 0) is 57.8 Å². The van der Waals surface area contributed by atoms with Crippen LogP contribution < -0.4 is 0 Å². The minimum Gasteiger partial charge on any atom is -0.396 e. The Balaban J connectivity index is 2.48. The van der Waals surface area contributed by atoms with Crippen molar-refractivity contribution in [3.05, 3.63) is 0 Å². The molecule has 0 unspecified atom stereocenters. The Morgan fingerprint density at radius 1 is 1.13 bits per heavy atom. The molecule has 23 heavy (non-hydrogen) atoms. The van der Waals surface area contributed by atoms with Crippen LogP contribution in [0.3, 0.4) is 0 Å². The Morgan fingerprint density at radius 3 is 2.22 bits per heavy atom. The monoisotopic (exact) mass is 329 g/mol. The van der Waals surface area contributed by atoms with Crippen molar-refractivity contribution < 1.29 is 18.0 Å². The normalized spacial score (nSPS) is 18.9. The van der Waals surface area contributed by atoms with Gasteiger partial charge in [0.1, 0.15) is 12.0 Å². The Morgan fingerprint density at radius 2 is 1.74 bits per heavy atom. The first-order valence-corrected chi connectivity index (χ1v) is 7.91. The minimum absolute atomic E-state index is 0.193. The molecule has 7 heteroatoms. The minimum atomic E-state index is -4.34. The highest BCUT2D eigenvalue weighted by Gasteiger charge is 2.37. The van der Waals surface area contributed by atoms with Crippen molar-refractivity contribution in [3.63, 3.8) is 0 Å². The predicted octanol–water partition coefficient (Wildman–Crippen LogP) is 4.73. The molecule has 0 saturated heterocycles. The Kier molecular flexibility index (Phi) is 7.35. The summed E-state index contributed by atoms with van der Waals surface area (Å²) >= 11 is 0. The molecule has 0 radical (unpaired) electrons. The van der Waals surface area contributed by atoms with E-state index in [9.17, 15) is 13.2 Å². The maximum absolute atomic E-state index is 12.4. The fourth-order valence-electron chi connectivity index (χ4n) is 2.73. The van der Waals surface area contributed by atoms with Gasteiger partial charge in [-0.3, -0.25) is 0 Å². The molecule has 0 N–H and O–H groups in total. The molecule has 1 saturated carbocycles. The van der Waals surface area contributed by atoms with E-state index in [4.69, 9.17) is 15.4 Å². The number of halogens is 3. The van der Waals surface area contributed by atoms with Crippen LogP contribution in [0.2, 0.25) is 0 Å². The Labute approximate surface area is 134 Å². The number of alkyl halides is 3. The third-order valence-corrected chi connectivity index (χ3v) is 4.25. The summed E-state index contributed by atoms with van der Waals surface area (Å²) < 4.78 is 37.1. The first-order chi connectivity index (χ1) is 10.8. The molecular weight excluding hydrogens is 307 g/mol. The van der Waals surface area contributed by atoms with Crippen molar-refractivity contribution in [1.82, 2.24) is 0 Å². The van der Waals surface area contributed by atoms with Gasteiger partial charge in [-0.1, -0.05) is 5.16 Å². The van der Waals surface area contributed by atoms with Crippen LogP contribution in [0.25, 0.3) is 0 Å². The van der Waals surface area contributed by atoms with Crippen molar-refractivity contribution in [2.75, 3.05) is 6.61 Å². The van der Waals surface area contributed by atoms with E-state index in [1.54, 1.807) is 0 Å². The molecule has 0 aromatic heterocycles. The van der Waals surface area contributed by atoms with E-state index >= 15 is 0 Å². The van der Waals surface area contributed by atoms with Gasteiger partial charge in [-0.2, -0.15) is 23.7 Å². The van der Waals surface area contributed by atoms with Crippen LogP contribution in [0.15, 0.2) is 5.16 Å². The van der Waals surface area contributed by atoms with Crippen LogP contribution in [0.4, 0.5) is 13.2 Å². The van der Waals surface area contributed by atoms with Gasteiger partial charge in [-0.25, -0.2) is 0 Å². The second kappa shape index (κ2) is 8.76. The zero-order valence-electron chi connectivity index (χ0n) is 13.3. The summed E-state index contributed by atoms with van der Waals surface area (Å²) in [5.41, 5.74) is -0.526.